The van der Waals surface area contributed by atoms with Crippen LogP contribution in [0.25, 0.3) is 33.6 Å². The summed E-state index contributed by atoms with van der Waals surface area (Å²) in [6, 6.07) is 15.4. The summed E-state index contributed by atoms with van der Waals surface area (Å²) < 4.78 is 15.2. The Morgan fingerprint density at radius 3 is 1.97 bits per heavy atom. The third-order valence-corrected chi connectivity index (χ3v) is 12.9. The summed E-state index contributed by atoms with van der Waals surface area (Å²) in [4.78, 5) is 68.0. The number of nitrogens with one attached hydrogen (secondary N) is 4. The van der Waals surface area contributed by atoms with Gasteiger partial charge in [0, 0.05) is 37.0 Å². The number of aromatic nitrogens is 3. The van der Waals surface area contributed by atoms with Crippen molar-refractivity contribution in [3.63, 3.8) is 0 Å². The van der Waals surface area contributed by atoms with Gasteiger partial charge in [-0.15, -0.1) is 0 Å². The molecule has 318 valence electrons. The highest BCUT2D eigenvalue weighted by Crippen LogP contribution is 2.42. The first-order valence-electron chi connectivity index (χ1n) is 21.5. The number of imidazole rings is 1. The van der Waals surface area contributed by atoms with E-state index < -0.39 is 24.3 Å². The van der Waals surface area contributed by atoms with Crippen molar-refractivity contribution in [3.8, 4) is 33.6 Å². The lowest BCUT2D eigenvalue weighted by Gasteiger charge is -2.31. The van der Waals surface area contributed by atoms with Crippen LogP contribution in [-0.2, 0) is 36.6 Å². The molecule has 3 fully saturated rings. The van der Waals surface area contributed by atoms with Gasteiger partial charge in [-0.2, -0.15) is 0 Å². The van der Waals surface area contributed by atoms with Crippen LogP contribution in [0.1, 0.15) is 93.5 Å². The van der Waals surface area contributed by atoms with Gasteiger partial charge in [0.25, 0.3) is 0 Å². The van der Waals surface area contributed by atoms with Crippen molar-refractivity contribution >= 4 is 24.0 Å². The molecular weight excluding hydrogens is 763 g/mol. The number of likely N-dealkylation sites (tertiary alicyclic amines) is 2. The maximum Gasteiger partial charge on any atom is 0.407 e. The first-order valence-corrected chi connectivity index (χ1v) is 21.5. The van der Waals surface area contributed by atoms with Gasteiger partial charge in [-0.25, -0.2) is 14.6 Å². The summed E-state index contributed by atoms with van der Waals surface area (Å²) in [5, 5.41) is 5.54. The van der Waals surface area contributed by atoms with Crippen LogP contribution in [-0.4, -0.2) is 101 Å². The SMILES string of the molecule is COC(=O)NC(C(=O)N1CCCC1c1[nH]c(-c2ccc(-c3ccc(-c4cnc([C@@H]5CCCN5C(=O)C(NC(=O)OC)C5CCOC5)[nH]4)cc3)cc2)c2c1CCCC2)C(C)C. The van der Waals surface area contributed by atoms with Crippen molar-refractivity contribution in [1.29, 1.82) is 0 Å². The number of hydrogen-bond acceptors (Lipinski definition) is 8. The molecule has 2 aromatic carbocycles. The number of rotatable bonds is 11. The van der Waals surface area contributed by atoms with E-state index in [1.54, 1.807) is 0 Å². The summed E-state index contributed by atoms with van der Waals surface area (Å²) >= 11 is 0. The van der Waals surface area contributed by atoms with Crippen LogP contribution in [0.5, 0.6) is 0 Å². The second-order valence-electron chi connectivity index (χ2n) is 16.9. The predicted octanol–water partition coefficient (Wildman–Crippen LogP) is 7.09. The average molecular weight is 820 g/mol. The summed E-state index contributed by atoms with van der Waals surface area (Å²) in [7, 11) is 2.62. The van der Waals surface area contributed by atoms with Crippen molar-refractivity contribution in [1.82, 2.24) is 35.4 Å². The number of carbonyl (C=O) groups is 4. The molecule has 4 N–H and O–H groups in total. The van der Waals surface area contributed by atoms with Crippen LogP contribution in [0, 0.1) is 11.8 Å². The summed E-state index contributed by atoms with van der Waals surface area (Å²) in [6.07, 6.45) is 8.94. The molecule has 14 heteroatoms. The van der Waals surface area contributed by atoms with Gasteiger partial charge in [-0.1, -0.05) is 62.4 Å². The minimum Gasteiger partial charge on any atom is -0.453 e. The normalized spacial score (nSPS) is 21.1. The van der Waals surface area contributed by atoms with Crippen molar-refractivity contribution < 1.29 is 33.4 Å². The minimum atomic E-state index is -0.718. The molecule has 4 amide bonds. The fourth-order valence-corrected chi connectivity index (χ4v) is 9.70. The highest BCUT2D eigenvalue weighted by molar-refractivity contribution is 5.87. The van der Waals surface area contributed by atoms with E-state index in [-0.39, 0.29) is 35.7 Å². The molecule has 0 radical (unpaired) electrons. The van der Waals surface area contributed by atoms with Gasteiger partial charge in [0.2, 0.25) is 11.8 Å². The molecule has 3 aliphatic heterocycles. The summed E-state index contributed by atoms with van der Waals surface area (Å²) in [5.74, 6) is 0.334. The van der Waals surface area contributed by atoms with E-state index in [2.05, 4.69) is 69.1 Å². The Kier molecular flexibility index (Phi) is 12.3. The lowest BCUT2D eigenvalue weighted by atomic mass is 9.88. The largest absolute Gasteiger partial charge is 0.453 e. The first-order chi connectivity index (χ1) is 29.1. The topological polar surface area (TPSA) is 171 Å². The molecule has 0 bridgehead atoms. The third kappa shape index (κ3) is 8.26. The van der Waals surface area contributed by atoms with Crippen molar-refractivity contribution in [3.05, 3.63) is 77.4 Å². The minimum absolute atomic E-state index is 0.0653. The predicted molar refractivity (Wildman–Crippen MR) is 226 cm³/mol. The van der Waals surface area contributed by atoms with Gasteiger partial charge in [-0.05, 0) is 97.1 Å². The molecular formula is C46H57N7O7. The van der Waals surface area contributed by atoms with Crippen LogP contribution < -0.4 is 10.6 Å². The highest BCUT2D eigenvalue weighted by Gasteiger charge is 2.41. The zero-order valence-corrected chi connectivity index (χ0v) is 35.1. The number of hydrogen-bond donors (Lipinski definition) is 4. The van der Waals surface area contributed by atoms with Gasteiger partial charge < -0.3 is 44.6 Å². The standard InChI is InChI=1S/C46H57N7O7/c1-27(2)38(50-45(56)58-3)43(54)52-22-7-11-36(52)41-34-10-6-5-9-33(34)39(49-41)31-19-15-29(16-20-31)28-13-17-30(18-14-28)35-25-47-42(48-35)37-12-8-23-53(37)44(55)40(51-46(57)59-4)32-21-24-60-26-32/h13-20,25,27,32,36-38,40,49H,5-12,21-24,26H2,1-4H3,(H,47,48)(H,50,56)(H,51,57)/t32?,36?,37-,38?,40?/m0/s1. The van der Waals surface area contributed by atoms with Crippen molar-refractivity contribution in [2.45, 2.75) is 95.8 Å². The molecule has 5 heterocycles. The van der Waals surface area contributed by atoms with E-state index in [9.17, 15) is 19.2 Å². The van der Waals surface area contributed by atoms with Gasteiger partial charge in [-0.3, -0.25) is 9.59 Å². The van der Waals surface area contributed by atoms with E-state index >= 15 is 0 Å². The van der Waals surface area contributed by atoms with Crippen molar-refractivity contribution in [2.75, 3.05) is 40.5 Å². The molecule has 4 unspecified atom stereocenters. The number of amides is 4. The van der Waals surface area contributed by atoms with E-state index in [4.69, 9.17) is 19.2 Å². The number of benzene rings is 2. The highest BCUT2D eigenvalue weighted by atomic mass is 16.5. The maximum atomic E-state index is 13.9. The Bertz CT molecular complexity index is 2170. The first kappa shape index (κ1) is 41.1. The summed E-state index contributed by atoms with van der Waals surface area (Å²) in [5.41, 5.74) is 10.1. The molecule has 60 heavy (non-hydrogen) atoms. The number of alkyl carbamates (subject to hydrolysis) is 2. The number of carbonyl (C=O) groups excluding carboxylic acids is 4. The van der Waals surface area contributed by atoms with Crippen LogP contribution >= 0.6 is 0 Å². The molecule has 4 aromatic rings. The van der Waals surface area contributed by atoms with Crippen LogP contribution in [0.4, 0.5) is 9.59 Å². The monoisotopic (exact) mass is 819 g/mol. The van der Waals surface area contributed by atoms with E-state index in [1.807, 2.05) is 29.8 Å². The second-order valence-corrected chi connectivity index (χ2v) is 16.9. The second kappa shape index (κ2) is 17.9. The Balaban J connectivity index is 0.970. The molecule has 3 saturated heterocycles. The molecule has 0 spiro atoms. The van der Waals surface area contributed by atoms with Gasteiger partial charge in [0.05, 0.1) is 44.8 Å². The average Bonchev–Trinajstić information content (AvgIpc) is 4.14. The Morgan fingerprint density at radius 1 is 0.733 bits per heavy atom. The Labute approximate surface area is 351 Å². The van der Waals surface area contributed by atoms with Crippen molar-refractivity contribution in [2.24, 2.45) is 11.8 Å². The lowest BCUT2D eigenvalue weighted by Crippen LogP contribution is -2.52. The fraction of sp³-hybridized carbons (Fsp3) is 0.500. The lowest BCUT2D eigenvalue weighted by molar-refractivity contribution is -0.136. The Morgan fingerprint density at radius 2 is 1.33 bits per heavy atom. The summed E-state index contributed by atoms with van der Waals surface area (Å²) in [6.45, 7) is 6.11. The molecule has 4 aliphatic rings. The van der Waals surface area contributed by atoms with E-state index in [1.165, 1.54) is 25.3 Å². The quantitative estimate of drug-likeness (QED) is 0.124. The third-order valence-electron chi connectivity index (χ3n) is 12.9. The number of fused-ring (bicyclic) bond motifs is 1. The molecule has 5 atom stereocenters. The van der Waals surface area contributed by atoms with Crippen LogP contribution in [0.3, 0.4) is 0 Å². The smallest absolute Gasteiger partial charge is 0.407 e. The molecule has 0 saturated carbocycles. The Hall–Kier alpha value is -5.63. The molecule has 1 aliphatic carbocycles. The molecule has 2 aromatic heterocycles. The zero-order valence-electron chi connectivity index (χ0n) is 35.1. The number of ether oxygens (including phenoxy) is 3. The maximum absolute atomic E-state index is 13.9. The zero-order chi connectivity index (χ0) is 41.9. The van der Waals surface area contributed by atoms with Gasteiger partial charge >= 0.3 is 12.2 Å². The number of H-pyrrole nitrogens is 2. The van der Waals surface area contributed by atoms with Crippen LogP contribution in [0.15, 0.2) is 54.7 Å². The van der Waals surface area contributed by atoms with Gasteiger partial charge in [0.15, 0.2) is 0 Å². The van der Waals surface area contributed by atoms with E-state index in [0.29, 0.717) is 32.7 Å². The molecule has 14 nitrogen and oxygen atoms in total. The van der Waals surface area contributed by atoms with Crippen LogP contribution in [0.2, 0.25) is 0 Å². The number of methoxy groups -OCH3 is 2. The number of nitrogens with zero attached hydrogens (tertiary/aromatic N) is 3. The molecule has 8 rings (SSSR count). The van der Waals surface area contributed by atoms with E-state index in [0.717, 1.165) is 96.5 Å². The fourth-order valence-electron chi connectivity index (χ4n) is 9.70. The van der Waals surface area contributed by atoms with Gasteiger partial charge in [0.1, 0.15) is 17.9 Å². The number of aromatic amines is 2.